The second-order valence-electron chi connectivity index (χ2n) is 5.19. The topological polar surface area (TPSA) is 76.7 Å². The van der Waals surface area contributed by atoms with Gasteiger partial charge in [-0.25, -0.2) is 0 Å². The minimum Gasteiger partial charge on any atom is -0.466 e. The van der Waals surface area contributed by atoms with E-state index in [4.69, 9.17) is 9.47 Å². The van der Waals surface area contributed by atoms with Crippen LogP contribution in [0.4, 0.5) is 5.69 Å². The molecule has 0 saturated carbocycles. The van der Waals surface area contributed by atoms with Crippen LogP contribution in [0.25, 0.3) is 0 Å². The van der Waals surface area contributed by atoms with Crippen molar-refractivity contribution in [2.75, 3.05) is 25.6 Å². The van der Waals surface area contributed by atoms with Crippen molar-refractivity contribution in [3.8, 4) is 5.75 Å². The predicted octanol–water partition coefficient (Wildman–Crippen LogP) is 1.24. The lowest BCUT2D eigenvalue weighted by molar-refractivity contribution is -0.146. The first-order valence-electron chi connectivity index (χ1n) is 6.86. The zero-order chi connectivity index (χ0) is 15.5. The first-order chi connectivity index (χ1) is 9.97. The molecule has 0 unspecified atom stereocenters. The number of fused-ring (bicyclic) bond motifs is 1. The third-order valence-corrected chi connectivity index (χ3v) is 3.37. The van der Waals surface area contributed by atoms with Crippen molar-refractivity contribution in [2.24, 2.45) is 0 Å². The van der Waals surface area contributed by atoms with Crippen LogP contribution in [-0.2, 0) is 14.3 Å². The summed E-state index contributed by atoms with van der Waals surface area (Å²) in [4.78, 5) is 24.4. The van der Waals surface area contributed by atoms with E-state index in [-0.39, 0.29) is 0 Å². The second kappa shape index (κ2) is 6.13. The predicted molar refractivity (Wildman–Crippen MR) is 78.3 cm³/mol. The maximum Gasteiger partial charge on any atom is 0.278 e. The number of nitrogens with one attached hydrogen (secondary N) is 2. The van der Waals surface area contributed by atoms with E-state index >= 15 is 0 Å². The fourth-order valence-electron chi connectivity index (χ4n) is 2.07. The summed E-state index contributed by atoms with van der Waals surface area (Å²) < 4.78 is 10.6. The Morgan fingerprint density at radius 1 is 1.48 bits per heavy atom. The van der Waals surface area contributed by atoms with Crippen LogP contribution in [0, 0.1) is 6.92 Å². The number of carbonyl (C=O) groups excluding carboxylic acids is 2. The molecule has 0 radical (unpaired) electrons. The van der Waals surface area contributed by atoms with Crippen LogP contribution in [0.3, 0.4) is 0 Å². The minimum absolute atomic E-state index is 0.430. The zero-order valence-electron chi connectivity index (χ0n) is 12.5. The molecule has 1 aromatic rings. The van der Waals surface area contributed by atoms with Crippen molar-refractivity contribution in [1.82, 2.24) is 5.32 Å². The summed E-state index contributed by atoms with van der Waals surface area (Å²) in [5.41, 5.74) is 0.0323. The van der Waals surface area contributed by atoms with Crippen molar-refractivity contribution in [3.05, 3.63) is 23.8 Å². The molecule has 1 aromatic carbocycles. The van der Waals surface area contributed by atoms with Crippen molar-refractivity contribution < 1.29 is 19.1 Å². The third-order valence-electron chi connectivity index (χ3n) is 3.37. The van der Waals surface area contributed by atoms with Gasteiger partial charge in [0.1, 0.15) is 5.75 Å². The van der Waals surface area contributed by atoms with Gasteiger partial charge in [-0.3, -0.25) is 9.59 Å². The van der Waals surface area contributed by atoms with E-state index in [1.807, 2.05) is 19.1 Å². The van der Waals surface area contributed by atoms with Crippen molar-refractivity contribution in [1.29, 1.82) is 0 Å². The SMILES string of the molecule is COCCCNC(=O)[C@@]1(C)Oc2ccc(C)cc2NC1=O. The van der Waals surface area contributed by atoms with Gasteiger partial charge in [-0.2, -0.15) is 0 Å². The quantitative estimate of drug-likeness (QED) is 0.632. The van der Waals surface area contributed by atoms with Gasteiger partial charge in [0.25, 0.3) is 17.4 Å². The van der Waals surface area contributed by atoms with Crippen LogP contribution in [0.1, 0.15) is 18.9 Å². The van der Waals surface area contributed by atoms with E-state index in [2.05, 4.69) is 10.6 Å². The molecule has 1 aliphatic rings. The summed E-state index contributed by atoms with van der Waals surface area (Å²) in [7, 11) is 1.60. The largest absolute Gasteiger partial charge is 0.466 e. The molecular formula is C15H20N2O4. The summed E-state index contributed by atoms with van der Waals surface area (Å²) in [5, 5.41) is 5.42. The van der Waals surface area contributed by atoms with Gasteiger partial charge >= 0.3 is 0 Å². The van der Waals surface area contributed by atoms with Gasteiger partial charge in [-0.15, -0.1) is 0 Å². The molecule has 0 fully saturated rings. The molecule has 0 aromatic heterocycles. The van der Waals surface area contributed by atoms with E-state index in [1.54, 1.807) is 13.2 Å². The Labute approximate surface area is 123 Å². The van der Waals surface area contributed by atoms with E-state index in [1.165, 1.54) is 6.92 Å². The molecule has 1 aliphatic heterocycles. The van der Waals surface area contributed by atoms with Gasteiger partial charge in [-0.05, 0) is 38.0 Å². The molecule has 114 valence electrons. The molecule has 0 bridgehead atoms. The summed E-state index contributed by atoms with van der Waals surface area (Å²) >= 11 is 0. The van der Waals surface area contributed by atoms with Crippen LogP contribution in [0.2, 0.25) is 0 Å². The molecule has 1 heterocycles. The standard InChI is InChI=1S/C15H20N2O4/c1-10-5-6-12-11(9-10)17-14(19)15(2,21-12)13(18)16-7-4-8-20-3/h5-6,9H,4,7-8H2,1-3H3,(H,16,18)(H,17,19)/t15-/m1/s1. The molecule has 21 heavy (non-hydrogen) atoms. The third kappa shape index (κ3) is 3.16. The molecular weight excluding hydrogens is 272 g/mol. The van der Waals surface area contributed by atoms with Crippen molar-refractivity contribution >= 4 is 17.5 Å². The van der Waals surface area contributed by atoms with Crippen LogP contribution in [0.5, 0.6) is 5.75 Å². The molecule has 0 aliphatic carbocycles. The highest BCUT2D eigenvalue weighted by Crippen LogP contribution is 2.34. The lowest BCUT2D eigenvalue weighted by Gasteiger charge is -2.33. The lowest BCUT2D eigenvalue weighted by atomic mass is 10.0. The Bertz CT molecular complexity index is 559. The molecule has 1 atom stereocenters. The summed E-state index contributed by atoms with van der Waals surface area (Å²) in [6.07, 6.45) is 0.676. The number of amides is 2. The maximum absolute atomic E-state index is 12.2. The Morgan fingerprint density at radius 2 is 2.24 bits per heavy atom. The summed E-state index contributed by atoms with van der Waals surface area (Å²) in [5.74, 6) is -0.429. The monoisotopic (exact) mass is 292 g/mol. The smallest absolute Gasteiger partial charge is 0.278 e. The molecule has 6 heteroatoms. The summed E-state index contributed by atoms with van der Waals surface area (Å²) in [6, 6.07) is 5.43. The van der Waals surface area contributed by atoms with E-state index in [9.17, 15) is 9.59 Å². The first kappa shape index (κ1) is 15.3. The molecule has 2 amide bonds. The van der Waals surface area contributed by atoms with Crippen LogP contribution < -0.4 is 15.4 Å². The van der Waals surface area contributed by atoms with E-state index in [0.717, 1.165) is 5.56 Å². The Balaban J connectivity index is 2.10. The normalized spacial score (nSPS) is 20.2. The average molecular weight is 292 g/mol. The van der Waals surface area contributed by atoms with Crippen LogP contribution in [-0.4, -0.2) is 37.7 Å². The molecule has 0 saturated heterocycles. The van der Waals surface area contributed by atoms with Gasteiger partial charge < -0.3 is 20.1 Å². The van der Waals surface area contributed by atoms with Crippen LogP contribution >= 0.6 is 0 Å². The Kier molecular flexibility index (Phi) is 4.47. The van der Waals surface area contributed by atoms with Gasteiger partial charge in [0, 0.05) is 20.3 Å². The van der Waals surface area contributed by atoms with Gasteiger partial charge in [0.05, 0.1) is 5.69 Å². The van der Waals surface area contributed by atoms with Crippen molar-refractivity contribution in [2.45, 2.75) is 25.9 Å². The van der Waals surface area contributed by atoms with E-state index in [0.29, 0.717) is 31.0 Å². The number of hydrogen-bond acceptors (Lipinski definition) is 4. The molecule has 0 spiro atoms. The number of aryl methyl sites for hydroxylation is 1. The zero-order valence-corrected chi connectivity index (χ0v) is 12.5. The number of rotatable bonds is 5. The maximum atomic E-state index is 12.2. The molecule has 2 N–H and O–H groups in total. The fraction of sp³-hybridized carbons (Fsp3) is 0.467. The average Bonchev–Trinajstić information content (AvgIpc) is 2.45. The Morgan fingerprint density at radius 3 is 2.95 bits per heavy atom. The number of carbonyl (C=O) groups is 2. The minimum atomic E-state index is -1.56. The number of ether oxygens (including phenoxy) is 2. The Hall–Kier alpha value is -2.08. The molecule has 6 nitrogen and oxygen atoms in total. The fourth-order valence-corrected chi connectivity index (χ4v) is 2.07. The first-order valence-corrected chi connectivity index (χ1v) is 6.86. The van der Waals surface area contributed by atoms with E-state index < -0.39 is 17.4 Å². The second-order valence-corrected chi connectivity index (χ2v) is 5.19. The highest BCUT2D eigenvalue weighted by atomic mass is 16.5. The highest BCUT2D eigenvalue weighted by Gasteiger charge is 2.47. The van der Waals surface area contributed by atoms with Crippen molar-refractivity contribution in [3.63, 3.8) is 0 Å². The number of benzene rings is 1. The van der Waals surface area contributed by atoms with Gasteiger partial charge in [0.2, 0.25) is 0 Å². The lowest BCUT2D eigenvalue weighted by Crippen LogP contribution is -2.58. The highest BCUT2D eigenvalue weighted by molar-refractivity contribution is 6.15. The number of methoxy groups -OCH3 is 1. The number of anilines is 1. The van der Waals surface area contributed by atoms with Gasteiger partial charge in [-0.1, -0.05) is 6.07 Å². The number of hydrogen-bond donors (Lipinski definition) is 2. The molecule has 2 rings (SSSR count). The summed E-state index contributed by atoms with van der Waals surface area (Å²) in [6.45, 7) is 4.37. The van der Waals surface area contributed by atoms with Gasteiger partial charge in [0.15, 0.2) is 0 Å². The van der Waals surface area contributed by atoms with Crippen LogP contribution in [0.15, 0.2) is 18.2 Å².